The zero-order valence-electron chi connectivity index (χ0n) is 11.7. The summed E-state index contributed by atoms with van der Waals surface area (Å²) < 4.78 is 5.49. The molecule has 2 amide bonds. The van der Waals surface area contributed by atoms with Gasteiger partial charge in [0.15, 0.2) is 0 Å². The highest BCUT2D eigenvalue weighted by Crippen LogP contribution is 2.14. The van der Waals surface area contributed by atoms with Gasteiger partial charge in [-0.3, -0.25) is 9.78 Å². The van der Waals surface area contributed by atoms with Gasteiger partial charge >= 0.3 is 12.0 Å². The van der Waals surface area contributed by atoms with Crippen molar-refractivity contribution in [3.8, 4) is 0 Å². The first-order valence-electron chi connectivity index (χ1n) is 6.88. The van der Waals surface area contributed by atoms with Crippen LogP contribution in [0.5, 0.6) is 0 Å². The fourth-order valence-corrected chi connectivity index (χ4v) is 2.68. The van der Waals surface area contributed by atoms with Crippen LogP contribution in [0, 0.1) is 0 Å². The zero-order chi connectivity index (χ0) is 15.1. The summed E-state index contributed by atoms with van der Waals surface area (Å²) in [5.74, 6) is -0.852. The minimum atomic E-state index is -0.852. The summed E-state index contributed by atoms with van der Waals surface area (Å²) in [7, 11) is 0. The molecule has 8 heteroatoms. The molecule has 1 aliphatic rings. The number of nitrogens with zero attached hydrogens (tertiary/aromatic N) is 2. The van der Waals surface area contributed by atoms with Gasteiger partial charge in [0.05, 0.1) is 31.2 Å². The van der Waals surface area contributed by atoms with E-state index in [2.05, 4.69) is 10.3 Å². The molecule has 116 valence electrons. The van der Waals surface area contributed by atoms with Crippen molar-refractivity contribution in [3.05, 3.63) is 16.6 Å². The van der Waals surface area contributed by atoms with E-state index in [0.717, 1.165) is 17.7 Å². The lowest BCUT2D eigenvalue weighted by Gasteiger charge is -2.31. The fraction of sp³-hybridized carbons (Fsp3) is 0.615. The fourth-order valence-electron chi connectivity index (χ4n) is 2.14. The molecule has 2 N–H and O–H groups in total. The number of nitrogens with one attached hydrogen (secondary N) is 1. The van der Waals surface area contributed by atoms with Gasteiger partial charge in [-0.25, -0.2) is 4.79 Å². The van der Waals surface area contributed by atoms with E-state index in [9.17, 15) is 9.59 Å². The van der Waals surface area contributed by atoms with E-state index in [1.165, 1.54) is 11.3 Å². The van der Waals surface area contributed by atoms with Crippen molar-refractivity contribution in [2.45, 2.75) is 31.9 Å². The number of rotatable bonds is 6. The minimum absolute atomic E-state index is 0.0234. The van der Waals surface area contributed by atoms with Crippen molar-refractivity contribution in [2.75, 3.05) is 19.7 Å². The summed E-state index contributed by atoms with van der Waals surface area (Å²) in [6.07, 6.45) is 3.31. The van der Waals surface area contributed by atoms with Crippen molar-refractivity contribution in [1.29, 1.82) is 0 Å². The number of likely N-dealkylation sites (tertiary alicyclic amines) is 1. The lowest BCUT2D eigenvalue weighted by molar-refractivity contribution is -0.138. The quantitative estimate of drug-likeness (QED) is 0.826. The maximum atomic E-state index is 12.0. The standard InChI is InChI=1S/C13H19N3O4S/c17-12(18)3-6-20-10-1-4-16(5-2-10)13(19)15-8-11-7-14-9-21-11/h7,9-10H,1-6,8H2,(H,15,19)(H,17,18). The van der Waals surface area contributed by atoms with Crippen LogP contribution in [0.1, 0.15) is 24.1 Å². The molecular weight excluding hydrogens is 294 g/mol. The molecule has 0 aliphatic carbocycles. The Morgan fingerprint density at radius 1 is 1.48 bits per heavy atom. The Bertz CT molecular complexity index is 458. The Balaban J connectivity index is 1.63. The highest BCUT2D eigenvalue weighted by atomic mass is 32.1. The highest BCUT2D eigenvalue weighted by molar-refractivity contribution is 7.09. The predicted octanol–water partition coefficient (Wildman–Crippen LogP) is 1.31. The molecule has 0 atom stereocenters. The summed E-state index contributed by atoms with van der Waals surface area (Å²) in [5.41, 5.74) is 1.74. The number of aromatic nitrogens is 1. The molecule has 1 aromatic rings. The van der Waals surface area contributed by atoms with E-state index < -0.39 is 5.97 Å². The second kappa shape index (κ2) is 7.94. The smallest absolute Gasteiger partial charge is 0.317 e. The van der Waals surface area contributed by atoms with Gasteiger partial charge in [0.1, 0.15) is 0 Å². The van der Waals surface area contributed by atoms with Crippen LogP contribution in [0.2, 0.25) is 0 Å². The lowest BCUT2D eigenvalue weighted by Crippen LogP contribution is -2.45. The average Bonchev–Trinajstić information content (AvgIpc) is 2.98. The predicted molar refractivity (Wildman–Crippen MR) is 77.1 cm³/mol. The number of amides is 2. The van der Waals surface area contributed by atoms with Gasteiger partial charge in [-0.1, -0.05) is 0 Å². The first-order valence-corrected chi connectivity index (χ1v) is 7.76. The van der Waals surface area contributed by atoms with Crippen LogP contribution < -0.4 is 5.32 Å². The number of hydrogen-bond donors (Lipinski definition) is 2. The summed E-state index contributed by atoms with van der Waals surface area (Å²) in [6, 6.07) is -0.0765. The molecular formula is C13H19N3O4S. The van der Waals surface area contributed by atoms with E-state index in [0.29, 0.717) is 19.6 Å². The molecule has 0 saturated carbocycles. The number of aliphatic carboxylic acids is 1. The van der Waals surface area contributed by atoms with E-state index in [1.807, 2.05) is 0 Å². The monoisotopic (exact) mass is 313 g/mol. The molecule has 7 nitrogen and oxygen atoms in total. The summed E-state index contributed by atoms with van der Waals surface area (Å²) in [5, 5.41) is 11.4. The van der Waals surface area contributed by atoms with Crippen LogP contribution in [0.15, 0.2) is 11.7 Å². The number of carbonyl (C=O) groups is 2. The van der Waals surface area contributed by atoms with E-state index in [-0.39, 0.29) is 25.2 Å². The molecule has 1 aliphatic heterocycles. The van der Waals surface area contributed by atoms with Crippen molar-refractivity contribution in [3.63, 3.8) is 0 Å². The number of carbonyl (C=O) groups excluding carboxylic acids is 1. The third-order valence-corrected chi connectivity index (χ3v) is 4.08. The number of hydrogen-bond acceptors (Lipinski definition) is 5. The van der Waals surface area contributed by atoms with Crippen molar-refractivity contribution in [2.24, 2.45) is 0 Å². The molecule has 0 radical (unpaired) electrons. The maximum Gasteiger partial charge on any atom is 0.317 e. The zero-order valence-corrected chi connectivity index (χ0v) is 12.5. The number of urea groups is 1. The summed E-state index contributed by atoms with van der Waals surface area (Å²) in [6.45, 7) is 1.99. The van der Waals surface area contributed by atoms with Gasteiger partial charge in [0, 0.05) is 24.2 Å². The lowest BCUT2D eigenvalue weighted by atomic mass is 10.1. The van der Waals surface area contributed by atoms with Crippen LogP contribution >= 0.6 is 11.3 Å². The molecule has 0 unspecified atom stereocenters. The van der Waals surface area contributed by atoms with Crippen LogP contribution in [0.3, 0.4) is 0 Å². The third kappa shape index (κ3) is 5.31. The van der Waals surface area contributed by atoms with Gasteiger partial charge in [-0.15, -0.1) is 11.3 Å². The highest BCUT2D eigenvalue weighted by Gasteiger charge is 2.23. The first-order chi connectivity index (χ1) is 10.1. The molecule has 0 spiro atoms. The Hall–Kier alpha value is -1.67. The largest absolute Gasteiger partial charge is 0.481 e. The second-order valence-corrected chi connectivity index (χ2v) is 5.80. The molecule has 0 bridgehead atoms. The van der Waals surface area contributed by atoms with Gasteiger partial charge in [0.2, 0.25) is 0 Å². The summed E-state index contributed by atoms with van der Waals surface area (Å²) >= 11 is 1.51. The van der Waals surface area contributed by atoms with Crippen LogP contribution in [-0.2, 0) is 16.1 Å². The number of ether oxygens (including phenoxy) is 1. The Morgan fingerprint density at radius 3 is 2.86 bits per heavy atom. The average molecular weight is 313 g/mol. The molecule has 2 heterocycles. The molecule has 1 aromatic heterocycles. The van der Waals surface area contributed by atoms with E-state index >= 15 is 0 Å². The van der Waals surface area contributed by atoms with Crippen molar-refractivity contribution < 1.29 is 19.4 Å². The molecule has 21 heavy (non-hydrogen) atoms. The molecule has 1 fully saturated rings. The number of piperidine rings is 1. The van der Waals surface area contributed by atoms with Crippen LogP contribution in [0.25, 0.3) is 0 Å². The topological polar surface area (TPSA) is 91.8 Å². The van der Waals surface area contributed by atoms with E-state index in [1.54, 1.807) is 16.6 Å². The number of thiazole rings is 1. The molecule has 0 aromatic carbocycles. The molecule has 2 rings (SSSR count). The van der Waals surface area contributed by atoms with Gasteiger partial charge in [-0.2, -0.15) is 0 Å². The van der Waals surface area contributed by atoms with Crippen LogP contribution in [-0.4, -0.2) is 52.8 Å². The maximum absolute atomic E-state index is 12.0. The SMILES string of the molecule is O=C(O)CCOC1CCN(C(=O)NCc2cncs2)CC1. The van der Waals surface area contributed by atoms with E-state index in [4.69, 9.17) is 9.84 Å². The Morgan fingerprint density at radius 2 is 2.24 bits per heavy atom. The van der Waals surface area contributed by atoms with Gasteiger partial charge in [0.25, 0.3) is 0 Å². The Labute approximate surface area is 126 Å². The van der Waals surface area contributed by atoms with Crippen molar-refractivity contribution >= 4 is 23.3 Å². The first kappa shape index (κ1) is 15.7. The normalized spacial score (nSPS) is 15.9. The minimum Gasteiger partial charge on any atom is -0.481 e. The second-order valence-electron chi connectivity index (χ2n) is 4.83. The number of carboxylic acids is 1. The van der Waals surface area contributed by atoms with Gasteiger partial charge in [-0.05, 0) is 12.8 Å². The van der Waals surface area contributed by atoms with Gasteiger partial charge < -0.3 is 20.1 Å². The van der Waals surface area contributed by atoms with Crippen molar-refractivity contribution in [1.82, 2.24) is 15.2 Å². The molecule has 1 saturated heterocycles. The number of carboxylic acid groups (broad SMARTS) is 1. The Kier molecular flexibility index (Phi) is 5.94. The summed E-state index contributed by atoms with van der Waals surface area (Å²) in [4.78, 5) is 29.1. The van der Waals surface area contributed by atoms with Crippen LogP contribution in [0.4, 0.5) is 4.79 Å². The third-order valence-electron chi connectivity index (χ3n) is 3.30.